The van der Waals surface area contributed by atoms with E-state index in [1.54, 1.807) is 5.69 Å². The Bertz CT molecular complexity index is 495. The predicted octanol–water partition coefficient (Wildman–Crippen LogP) is 11.2. The summed E-state index contributed by atoms with van der Waals surface area (Å²) < 4.78 is 2.52. The first kappa shape index (κ1) is 30.2. The summed E-state index contributed by atoms with van der Waals surface area (Å²) in [5.74, 6) is 0.712. The minimum absolute atomic E-state index is 0.618. The van der Waals surface area contributed by atoms with Gasteiger partial charge in [0.05, 0.1) is 6.04 Å². The zero-order valence-electron chi connectivity index (χ0n) is 23.3. The summed E-state index contributed by atoms with van der Waals surface area (Å²) in [5.41, 5.74) is 1.56. The Labute approximate surface area is 208 Å². The summed E-state index contributed by atoms with van der Waals surface area (Å²) in [6.45, 7) is 9.28. The monoisotopic (exact) mass is 460 g/mol. The Balaban J connectivity index is 2.82. The summed E-state index contributed by atoms with van der Waals surface area (Å²) >= 11 is 0. The first-order valence-electron chi connectivity index (χ1n) is 15.3. The largest absolute Gasteiger partial charge is 0.266 e. The highest BCUT2D eigenvalue weighted by atomic mass is 15.3. The van der Waals surface area contributed by atoms with Crippen LogP contribution in [0, 0.1) is 0 Å². The zero-order valence-corrected chi connectivity index (χ0v) is 23.3. The molecule has 1 rings (SSSR count). The van der Waals surface area contributed by atoms with Crippen LogP contribution in [-0.4, -0.2) is 9.78 Å². The van der Waals surface area contributed by atoms with Crippen LogP contribution in [0.25, 0.3) is 0 Å². The molecule has 0 saturated heterocycles. The van der Waals surface area contributed by atoms with E-state index in [9.17, 15) is 0 Å². The topological polar surface area (TPSA) is 17.8 Å². The number of unbranched alkanes of at least 4 members (excludes halogenated alkanes) is 14. The van der Waals surface area contributed by atoms with E-state index >= 15 is 0 Å². The van der Waals surface area contributed by atoms with Gasteiger partial charge in [-0.1, -0.05) is 143 Å². The summed E-state index contributed by atoms with van der Waals surface area (Å²) in [4.78, 5) is 0. The zero-order chi connectivity index (χ0) is 24.0. The van der Waals surface area contributed by atoms with Crippen molar-refractivity contribution in [3.05, 3.63) is 18.0 Å². The van der Waals surface area contributed by atoms with Crippen LogP contribution in [0.4, 0.5) is 0 Å². The lowest BCUT2D eigenvalue weighted by molar-refractivity contribution is 0.343. The van der Waals surface area contributed by atoms with Crippen molar-refractivity contribution in [2.45, 2.75) is 181 Å². The fourth-order valence-corrected chi connectivity index (χ4v) is 5.38. The number of nitrogens with zero attached hydrogens (tertiary/aromatic N) is 2. The molecule has 1 aromatic rings. The van der Waals surface area contributed by atoms with Crippen LogP contribution in [0.15, 0.2) is 12.3 Å². The third-order valence-electron chi connectivity index (χ3n) is 7.56. The van der Waals surface area contributed by atoms with Crippen LogP contribution in [0.1, 0.15) is 187 Å². The second-order valence-corrected chi connectivity index (χ2v) is 10.7. The molecule has 194 valence electrons. The van der Waals surface area contributed by atoms with Gasteiger partial charge < -0.3 is 0 Å². The summed E-state index contributed by atoms with van der Waals surface area (Å²) in [6, 6.07) is 3.00. The SMILES string of the molecule is CCCCCCCC(CCCCCCC)n1nccc1C(CCCCCC)CCCCCC. The average molecular weight is 461 g/mol. The lowest BCUT2D eigenvalue weighted by atomic mass is 9.91. The summed E-state index contributed by atoms with van der Waals surface area (Å²) in [7, 11) is 0. The fourth-order valence-electron chi connectivity index (χ4n) is 5.38. The predicted molar refractivity (Wildman–Crippen MR) is 148 cm³/mol. The lowest BCUT2D eigenvalue weighted by Crippen LogP contribution is -2.17. The van der Waals surface area contributed by atoms with Crippen molar-refractivity contribution in [1.29, 1.82) is 0 Å². The number of hydrogen-bond donors (Lipinski definition) is 0. The van der Waals surface area contributed by atoms with Crippen molar-refractivity contribution in [1.82, 2.24) is 9.78 Å². The van der Waals surface area contributed by atoms with Crippen molar-refractivity contribution < 1.29 is 0 Å². The number of aromatic nitrogens is 2. The highest BCUT2D eigenvalue weighted by Crippen LogP contribution is 2.33. The molecular formula is C31H60N2. The van der Waals surface area contributed by atoms with Crippen LogP contribution in [-0.2, 0) is 0 Å². The van der Waals surface area contributed by atoms with E-state index < -0.39 is 0 Å². The molecule has 0 spiro atoms. The molecule has 2 nitrogen and oxygen atoms in total. The van der Waals surface area contributed by atoms with Crippen molar-refractivity contribution in [2.24, 2.45) is 0 Å². The van der Waals surface area contributed by atoms with Crippen LogP contribution in [0.2, 0.25) is 0 Å². The number of hydrogen-bond acceptors (Lipinski definition) is 1. The first-order valence-corrected chi connectivity index (χ1v) is 15.3. The minimum atomic E-state index is 0.618. The molecule has 0 aliphatic rings. The van der Waals surface area contributed by atoms with Gasteiger partial charge in [-0.15, -0.1) is 0 Å². The fraction of sp³-hybridized carbons (Fsp3) is 0.903. The van der Waals surface area contributed by atoms with E-state index in [1.807, 2.05) is 0 Å². The normalized spacial score (nSPS) is 11.8. The van der Waals surface area contributed by atoms with Gasteiger partial charge in [-0.05, 0) is 31.7 Å². The Morgan fingerprint density at radius 1 is 0.545 bits per heavy atom. The molecule has 1 heterocycles. The van der Waals surface area contributed by atoms with Gasteiger partial charge in [-0.25, -0.2) is 0 Å². The standard InChI is InChI=1S/C31H60N2/c1-5-9-13-17-21-25-30(26-22-18-14-10-6-2)33-31(27-28-32-33)29(23-19-15-11-7-3)24-20-16-12-8-4/h27-30H,5-26H2,1-4H3. The third-order valence-corrected chi connectivity index (χ3v) is 7.56. The quantitative estimate of drug-likeness (QED) is 0.140. The molecule has 0 N–H and O–H groups in total. The second-order valence-electron chi connectivity index (χ2n) is 10.7. The van der Waals surface area contributed by atoms with Crippen LogP contribution in [0.3, 0.4) is 0 Å². The molecule has 2 heteroatoms. The minimum Gasteiger partial charge on any atom is -0.266 e. The van der Waals surface area contributed by atoms with E-state index in [2.05, 4.69) is 44.6 Å². The van der Waals surface area contributed by atoms with Crippen LogP contribution < -0.4 is 0 Å². The van der Waals surface area contributed by atoms with Gasteiger partial charge in [0.1, 0.15) is 0 Å². The van der Waals surface area contributed by atoms with E-state index in [1.165, 1.54) is 141 Å². The third kappa shape index (κ3) is 14.3. The Morgan fingerprint density at radius 3 is 1.39 bits per heavy atom. The van der Waals surface area contributed by atoms with E-state index in [0.29, 0.717) is 12.0 Å². The second kappa shape index (κ2) is 21.7. The molecule has 1 aromatic heterocycles. The van der Waals surface area contributed by atoms with Gasteiger partial charge in [0.25, 0.3) is 0 Å². The molecule has 0 bridgehead atoms. The van der Waals surface area contributed by atoms with Gasteiger partial charge >= 0.3 is 0 Å². The molecular weight excluding hydrogens is 400 g/mol. The maximum Gasteiger partial charge on any atom is 0.0522 e. The molecule has 0 aliphatic carbocycles. The Morgan fingerprint density at radius 2 is 0.939 bits per heavy atom. The summed E-state index contributed by atoms with van der Waals surface area (Å²) in [6.07, 6.45) is 32.3. The molecule has 0 radical (unpaired) electrons. The molecule has 0 unspecified atom stereocenters. The van der Waals surface area contributed by atoms with Gasteiger partial charge in [0.15, 0.2) is 0 Å². The van der Waals surface area contributed by atoms with Crippen molar-refractivity contribution in [3.63, 3.8) is 0 Å². The molecule has 0 atom stereocenters. The maximum absolute atomic E-state index is 4.97. The van der Waals surface area contributed by atoms with Crippen molar-refractivity contribution in [2.75, 3.05) is 0 Å². The molecule has 0 aromatic carbocycles. The highest BCUT2D eigenvalue weighted by molar-refractivity contribution is 5.09. The highest BCUT2D eigenvalue weighted by Gasteiger charge is 2.21. The van der Waals surface area contributed by atoms with Crippen molar-refractivity contribution in [3.8, 4) is 0 Å². The van der Waals surface area contributed by atoms with E-state index in [-0.39, 0.29) is 0 Å². The van der Waals surface area contributed by atoms with Gasteiger partial charge in [0.2, 0.25) is 0 Å². The average Bonchev–Trinajstić information content (AvgIpc) is 3.31. The van der Waals surface area contributed by atoms with Crippen LogP contribution in [0.5, 0.6) is 0 Å². The van der Waals surface area contributed by atoms with Crippen LogP contribution >= 0.6 is 0 Å². The van der Waals surface area contributed by atoms with Gasteiger partial charge in [0, 0.05) is 17.8 Å². The molecule has 0 amide bonds. The summed E-state index contributed by atoms with van der Waals surface area (Å²) in [5, 5.41) is 4.97. The van der Waals surface area contributed by atoms with Gasteiger partial charge in [-0.3, -0.25) is 4.68 Å². The lowest BCUT2D eigenvalue weighted by Gasteiger charge is -2.25. The first-order chi connectivity index (χ1) is 16.3. The Hall–Kier alpha value is -0.790. The molecule has 0 fully saturated rings. The number of rotatable bonds is 24. The molecule has 0 saturated carbocycles. The van der Waals surface area contributed by atoms with Gasteiger partial charge in [-0.2, -0.15) is 5.10 Å². The molecule has 0 aliphatic heterocycles. The van der Waals surface area contributed by atoms with Crippen molar-refractivity contribution >= 4 is 0 Å². The smallest absolute Gasteiger partial charge is 0.0522 e. The van der Waals surface area contributed by atoms with E-state index in [4.69, 9.17) is 5.10 Å². The maximum atomic E-state index is 4.97. The van der Waals surface area contributed by atoms with E-state index in [0.717, 1.165) is 0 Å². The Kier molecular flexibility index (Phi) is 19.9. The molecule has 33 heavy (non-hydrogen) atoms.